The van der Waals surface area contributed by atoms with E-state index in [0.29, 0.717) is 6.54 Å². The van der Waals surface area contributed by atoms with Crippen LogP contribution < -0.4 is 9.64 Å². The molecule has 4 heterocycles. The Labute approximate surface area is 160 Å². The zero-order valence-corrected chi connectivity index (χ0v) is 15.8. The van der Waals surface area contributed by atoms with Crippen LogP contribution in [0.15, 0.2) is 42.9 Å². The van der Waals surface area contributed by atoms with Crippen LogP contribution in [0.3, 0.4) is 0 Å². The van der Waals surface area contributed by atoms with Crippen molar-refractivity contribution in [3.05, 3.63) is 48.4 Å². The topological polar surface area (TPSA) is 58.6 Å². The average molecular weight is 366 g/mol. The minimum absolute atomic E-state index is 0.0144. The summed E-state index contributed by atoms with van der Waals surface area (Å²) in [4.78, 5) is 25.7. The summed E-state index contributed by atoms with van der Waals surface area (Å²) in [5.41, 5.74) is 0.954. The second kappa shape index (κ2) is 7.94. The lowest BCUT2D eigenvalue weighted by molar-refractivity contribution is -0.131. The quantitative estimate of drug-likeness (QED) is 0.814. The number of hydrogen-bond acceptors (Lipinski definition) is 5. The van der Waals surface area contributed by atoms with Gasteiger partial charge in [-0.1, -0.05) is 6.07 Å². The Balaban J connectivity index is 1.40. The molecule has 0 aliphatic carbocycles. The number of hydrogen-bond donors (Lipinski definition) is 0. The summed E-state index contributed by atoms with van der Waals surface area (Å²) >= 11 is 0. The molecule has 2 aromatic rings. The van der Waals surface area contributed by atoms with Crippen LogP contribution >= 0.6 is 0 Å². The molecule has 6 heteroatoms. The lowest BCUT2D eigenvalue weighted by Crippen LogP contribution is -2.34. The summed E-state index contributed by atoms with van der Waals surface area (Å²) in [5, 5.41) is 0. The van der Waals surface area contributed by atoms with Gasteiger partial charge in [-0.05, 0) is 43.5 Å². The Kier molecular flexibility index (Phi) is 5.23. The number of likely N-dealkylation sites (tertiary alicyclic amines) is 1. The third kappa shape index (κ3) is 3.89. The van der Waals surface area contributed by atoms with Gasteiger partial charge >= 0.3 is 0 Å². The zero-order chi connectivity index (χ0) is 18.6. The molecule has 4 rings (SSSR count). The first-order valence-electron chi connectivity index (χ1n) is 9.77. The molecule has 0 bridgehead atoms. The van der Waals surface area contributed by atoms with Gasteiger partial charge in [0.2, 0.25) is 5.91 Å². The van der Waals surface area contributed by atoms with E-state index in [-0.39, 0.29) is 17.9 Å². The van der Waals surface area contributed by atoms with Crippen molar-refractivity contribution in [2.45, 2.75) is 38.2 Å². The maximum Gasteiger partial charge on any atom is 0.230 e. The molecule has 2 aliphatic heterocycles. The van der Waals surface area contributed by atoms with E-state index in [1.54, 1.807) is 12.4 Å². The van der Waals surface area contributed by atoms with E-state index >= 15 is 0 Å². The highest BCUT2D eigenvalue weighted by Crippen LogP contribution is 2.31. The van der Waals surface area contributed by atoms with Crippen molar-refractivity contribution in [2.24, 2.45) is 0 Å². The lowest BCUT2D eigenvalue weighted by Gasteiger charge is -2.23. The van der Waals surface area contributed by atoms with Crippen molar-refractivity contribution in [3.63, 3.8) is 0 Å². The Morgan fingerprint density at radius 2 is 2.00 bits per heavy atom. The van der Waals surface area contributed by atoms with Crippen molar-refractivity contribution in [3.8, 4) is 5.75 Å². The van der Waals surface area contributed by atoms with Crippen molar-refractivity contribution in [2.75, 3.05) is 31.1 Å². The molecule has 0 unspecified atom stereocenters. The van der Waals surface area contributed by atoms with E-state index in [4.69, 9.17) is 4.74 Å². The molecule has 2 saturated heterocycles. The zero-order valence-electron chi connectivity index (χ0n) is 15.8. The minimum Gasteiger partial charge on any atom is -0.485 e. The third-order valence-corrected chi connectivity index (χ3v) is 5.46. The number of amides is 1. The second-order valence-corrected chi connectivity index (χ2v) is 7.34. The molecule has 27 heavy (non-hydrogen) atoms. The first kappa shape index (κ1) is 17.8. The number of aromatic nitrogens is 2. The number of ether oxygens (including phenoxy) is 1. The number of pyridine rings is 2. The van der Waals surface area contributed by atoms with Crippen molar-refractivity contribution in [1.82, 2.24) is 14.9 Å². The standard InChI is InChI=1S/C21H26N4O2/c1-16(17-6-4-9-22-14-17)21(26)25-13-8-18(15-25)27-19-7-5-10-23-20(19)24-11-2-3-12-24/h4-7,9-10,14,16,18H,2-3,8,11-13,15H2,1H3/t16-,18+/m0/s1. The first-order chi connectivity index (χ1) is 13.2. The monoisotopic (exact) mass is 366 g/mol. The fourth-order valence-corrected chi connectivity index (χ4v) is 3.89. The Morgan fingerprint density at radius 3 is 2.78 bits per heavy atom. The van der Waals surface area contributed by atoms with E-state index in [1.807, 2.05) is 42.3 Å². The molecule has 2 fully saturated rings. The summed E-state index contributed by atoms with van der Waals surface area (Å²) < 4.78 is 6.27. The summed E-state index contributed by atoms with van der Waals surface area (Å²) in [6, 6.07) is 7.73. The Morgan fingerprint density at radius 1 is 1.19 bits per heavy atom. The fraction of sp³-hybridized carbons (Fsp3) is 0.476. The van der Waals surface area contributed by atoms with Gasteiger partial charge in [-0.25, -0.2) is 4.98 Å². The van der Waals surface area contributed by atoms with Gasteiger partial charge in [-0.3, -0.25) is 9.78 Å². The maximum absolute atomic E-state index is 12.8. The molecular formula is C21H26N4O2. The molecular weight excluding hydrogens is 340 g/mol. The molecule has 0 spiro atoms. The number of carbonyl (C=O) groups excluding carboxylic acids is 1. The highest BCUT2D eigenvalue weighted by atomic mass is 16.5. The molecule has 0 saturated carbocycles. The lowest BCUT2D eigenvalue weighted by atomic mass is 10.0. The minimum atomic E-state index is -0.184. The third-order valence-electron chi connectivity index (χ3n) is 5.46. The van der Waals surface area contributed by atoms with E-state index < -0.39 is 0 Å². The Bertz CT molecular complexity index is 777. The van der Waals surface area contributed by atoms with E-state index in [2.05, 4.69) is 14.9 Å². The van der Waals surface area contributed by atoms with E-state index in [1.165, 1.54) is 12.8 Å². The number of rotatable bonds is 5. The summed E-state index contributed by atoms with van der Waals surface area (Å²) in [6.45, 7) is 5.36. The predicted molar refractivity (Wildman–Crippen MR) is 104 cm³/mol. The molecule has 2 aromatic heterocycles. The van der Waals surface area contributed by atoms with Crippen LogP contribution in [0.5, 0.6) is 5.75 Å². The highest BCUT2D eigenvalue weighted by molar-refractivity contribution is 5.83. The van der Waals surface area contributed by atoms with Gasteiger partial charge in [0.15, 0.2) is 11.6 Å². The van der Waals surface area contributed by atoms with E-state index in [9.17, 15) is 4.79 Å². The van der Waals surface area contributed by atoms with Crippen LogP contribution in [0.2, 0.25) is 0 Å². The Hall–Kier alpha value is -2.63. The summed E-state index contributed by atoms with van der Waals surface area (Å²) in [7, 11) is 0. The fourth-order valence-electron chi connectivity index (χ4n) is 3.89. The van der Waals surface area contributed by atoms with Crippen LogP contribution in [-0.2, 0) is 4.79 Å². The molecule has 0 aromatic carbocycles. The number of carbonyl (C=O) groups is 1. The van der Waals surface area contributed by atoms with Gasteiger partial charge < -0.3 is 14.5 Å². The van der Waals surface area contributed by atoms with Gasteiger partial charge in [0.05, 0.1) is 12.5 Å². The van der Waals surface area contributed by atoms with Gasteiger partial charge in [0, 0.05) is 44.6 Å². The van der Waals surface area contributed by atoms with Crippen molar-refractivity contribution >= 4 is 11.7 Å². The van der Waals surface area contributed by atoms with Gasteiger partial charge in [0.1, 0.15) is 6.10 Å². The van der Waals surface area contributed by atoms with E-state index in [0.717, 1.165) is 43.2 Å². The molecule has 6 nitrogen and oxygen atoms in total. The largest absolute Gasteiger partial charge is 0.485 e. The van der Waals surface area contributed by atoms with Crippen LogP contribution in [0, 0.1) is 0 Å². The normalized spacial score (nSPS) is 20.7. The molecule has 0 N–H and O–H groups in total. The maximum atomic E-state index is 12.8. The predicted octanol–water partition coefficient (Wildman–Crippen LogP) is 2.86. The van der Waals surface area contributed by atoms with Crippen molar-refractivity contribution in [1.29, 1.82) is 0 Å². The van der Waals surface area contributed by atoms with Crippen LogP contribution in [0.1, 0.15) is 37.7 Å². The SMILES string of the molecule is C[C@H](C(=O)N1CC[C@@H](Oc2cccnc2N2CCCC2)C1)c1cccnc1. The van der Waals surface area contributed by atoms with Gasteiger partial charge in [-0.2, -0.15) is 0 Å². The summed E-state index contributed by atoms with van der Waals surface area (Å²) in [5.74, 6) is 1.72. The first-order valence-corrected chi connectivity index (χ1v) is 9.77. The summed E-state index contributed by atoms with van der Waals surface area (Å²) in [6.07, 6.45) is 8.58. The number of nitrogens with zero attached hydrogens (tertiary/aromatic N) is 4. The van der Waals surface area contributed by atoms with Crippen LogP contribution in [0.25, 0.3) is 0 Å². The second-order valence-electron chi connectivity index (χ2n) is 7.34. The molecule has 142 valence electrons. The number of anilines is 1. The van der Waals surface area contributed by atoms with Gasteiger partial charge in [0.25, 0.3) is 0 Å². The molecule has 0 radical (unpaired) electrons. The molecule has 2 aliphatic rings. The molecule has 2 atom stereocenters. The molecule has 1 amide bonds. The average Bonchev–Trinajstić information content (AvgIpc) is 3.40. The highest BCUT2D eigenvalue weighted by Gasteiger charge is 2.31. The van der Waals surface area contributed by atoms with Crippen molar-refractivity contribution < 1.29 is 9.53 Å². The van der Waals surface area contributed by atoms with Gasteiger partial charge in [-0.15, -0.1) is 0 Å². The van der Waals surface area contributed by atoms with Crippen LogP contribution in [0.4, 0.5) is 5.82 Å². The van der Waals surface area contributed by atoms with Crippen LogP contribution in [-0.4, -0.2) is 53.1 Å². The smallest absolute Gasteiger partial charge is 0.230 e.